The first-order valence-electron chi connectivity index (χ1n) is 5.77. The van der Waals surface area contributed by atoms with E-state index in [0.717, 1.165) is 0 Å². The largest absolute Gasteiger partial charge is 0.492 e. The predicted molar refractivity (Wildman–Crippen MR) is 74.7 cm³/mol. The Morgan fingerprint density at radius 3 is 2.79 bits per heavy atom. The Hall–Kier alpha value is -2.13. The number of pyridine rings is 1. The van der Waals surface area contributed by atoms with Crippen molar-refractivity contribution in [2.24, 2.45) is 0 Å². The summed E-state index contributed by atoms with van der Waals surface area (Å²) in [6.45, 7) is 5.46. The number of hydrogen-bond acceptors (Lipinski definition) is 6. The van der Waals surface area contributed by atoms with Gasteiger partial charge in [0.2, 0.25) is 0 Å². The van der Waals surface area contributed by atoms with Crippen LogP contribution in [-0.4, -0.2) is 17.4 Å². The van der Waals surface area contributed by atoms with Gasteiger partial charge in [0, 0.05) is 0 Å². The molecular weight excluding hydrogens is 262 g/mol. The number of aromatic nitrogens is 1. The number of fused-ring (bicyclic) bond motifs is 1. The van der Waals surface area contributed by atoms with Crippen molar-refractivity contribution in [3.63, 3.8) is 0 Å². The maximum Gasteiger partial charge on any atom is 0.165 e. The second-order valence-electron chi connectivity index (χ2n) is 4.03. The summed E-state index contributed by atoms with van der Waals surface area (Å²) >= 11 is 1.21. The van der Waals surface area contributed by atoms with Crippen LogP contribution in [0.5, 0.6) is 5.75 Å². The SMILES string of the molecule is CCOc1c(C(C)=O)c(C)nc2sc(C#N)c(N)c12. The highest BCUT2D eigenvalue weighted by atomic mass is 32.1. The highest BCUT2D eigenvalue weighted by Crippen LogP contribution is 2.41. The predicted octanol–water partition coefficient (Wildman–Crippen LogP) is 2.66. The van der Waals surface area contributed by atoms with Gasteiger partial charge >= 0.3 is 0 Å². The molecule has 0 aromatic carbocycles. The van der Waals surface area contributed by atoms with Crippen molar-refractivity contribution >= 4 is 33.0 Å². The van der Waals surface area contributed by atoms with E-state index >= 15 is 0 Å². The van der Waals surface area contributed by atoms with Gasteiger partial charge in [0.15, 0.2) is 5.78 Å². The van der Waals surface area contributed by atoms with Gasteiger partial charge in [-0.2, -0.15) is 5.26 Å². The average molecular weight is 275 g/mol. The fraction of sp³-hybridized carbons (Fsp3) is 0.308. The number of aryl methyl sites for hydroxylation is 1. The van der Waals surface area contributed by atoms with Crippen LogP contribution in [0.3, 0.4) is 0 Å². The molecule has 0 radical (unpaired) electrons. The van der Waals surface area contributed by atoms with Crippen molar-refractivity contribution in [3.8, 4) is 11.8 Å². The number of hydrogen-bond donors (Lipinski definition) is 1. The van der Waals surface area contributed by atoms with E-state index in [-0.39, 0.29) is 5.78 Å². The molecule has 0 aliphatic rings. The normalized spacial score (nSPS) is 10.4. The Bertz CT molecular complexity index is 713. The topological polar surface area (TPSA) is 89.0 Å². The van der Waals surface area contributed by atoms with E-state index in [0.29, 0.717) is 44.4 Å². The Kier molecular flexibility index (Phi) is 3.40. The van der Waals surface area contributed by atoms with Crippen LogP contribution >= 0.6 is 11.3 Å². The number of nitrogen functional groups attached to an aromatic ring is 1. The van der Waals surface area contributed by atoms with Gasteiger partial charge in [-0.1, -0.05) is 0 Å². The molecule has 0 saturated heterocycles. The average Bonchev–Trinajstić information content (AvgIpc) is 2.65. The molecule has 2 N–H and O–H groups in total. The second-order valence-corrected chi connectivity index (χ2v) is 5.03. The first-order valence-corrected chi connectivity index (χ1v) is 6.59. The molecule has 2 aromatic rings. The number of nitrogens with zero attached hydrogens (tertiary/aromatic N) is 2. The lowest BCUT2D eigenvalue weighted by Gasteiger charge is -2.12. The molecule has 0 spiro atoms. The van der Waals surface area contributed by atoms with Crippen LogP contribution in [0.4, 0.5) is 5.69 Å². The fourth-order valence-electron chi connectivity index (χ4n) is 2.01. The summed E-state index contributed by atoms with van der Waals surface area (Å²) in [6.07, 6.45) is 0. The monoisotopic (exact) mass is 275 g/mol. The van der Waals surface area contributed by atoms with E-state index in [1.165, 1.54) is 18.3 Å². The molecule has 2 heterocycles. The van der Waals surface area contributed by atoms with Crippen LogP contribution in [0.15, 0.2) is 0 Å². The molecule has 5 nitrogen and oxygen atoms in total. The first-order chi connectivity index (χ1) is 9.01. The maximum absolute atomic E-state index is 11.8. The molecule has 2 aromatic heterocycles. The molecule has 0 aliphatic heterocycles. The number of thiophene rings is 1. The standard InChI is InChI=1S/C13H13N3O2S/c1-4-18-12-9(7(3)17)6(2)16-13-10(12)11(15)8(5-14)19-13/h4,15H2,1-3H3. The van der Waals surface area contributed by atoms with Gasteiger partial charge in [-0.25, -0.2) is 4.98 Å². The molecule has 2 rings (SSSR count). The van der Waals surface area contributed by atoms with Gasteiger partial charge in [-0.3, -0.25) is 4.79 Å². The van der Waals surface area contributed by atoms with Gasteiger partial charge in [-0.05, 0) is 20.8 Å². The quantitative estimate of drug-likeness (QED) is 0.870. The van der Waals surface area contributed by atoms with E-state index in [4.69, 9.17) is 15.7 Å². The van der Waals surface area contributed by atoms with Crippen LogP contribution in [0.2, 0.25) is 0 Å². The van der Waals surface area contributed by atoms with Crippen molar-refractivity contribution in [2.75, 3.05) is 12.3 Å². The lowest BCUT2D eigenvalue weighted by atomic mass is 10.1. The summed E-state index contributed by atoms with van der Waals surface area (Å²) in [5, 5.41) is 9.60. The number of carbonyl (C=O) groups excluding carboxylic acids is 1. The summed E-state index contributed by atoms with van der Waals surface area (Å²) in [6, 6.07) is 2.04. The molecule has 0 aliphatic carbocycles. The van der Waals surface area contributed by atoms with Gasteiger partial charge in [0.25, 0.3) is 0 Å². The highest BCUT2D eigenvalue weighted by molar-refractivity contribution is 7.19. The van der Waals surface area contributed by atoms with Gasteiger partial charge < -0.3 is 10.5 Å². The Morgan fingerprint density at radius 1 is 1.58 bits per heavy atom. The maximum atomic E-state index is 11.8. The molecule has 0 fully saturated rings. The Balaban J connectivity index is 2.94. The number of carbonyl (C=O) groups is 1. The number of ether oxygens (including phenoxy) is 1. The number of nitriles is 1. The minimum atomic E-state index is -0.126. The molecular formula is C13H13N3O2S. The lowest BCUT2D eigenvalue weighted by Crippen LogP contribution is -2.06. The number of nitrogens with two attached hydrogens (primary N) is 1. The molecule has 0 atom stereocenters. The van der Waals surface area contributed by atoms with Crippen LogP contribution in [0.1, 0.15) is 34.8 Å². The van der Waals surface area contributed by atoms with Crippen molar-refractivity contribution < 1.29 is 9.53 Å². The van der Waals surface area contributed by atoms with E-state index in [9.17, 15) is 4.79 Å². The van der Waals surface area contributed by atoms with Gasteiger partial charge in [0.1, 0.15) is 21.5 Å². The molecule has 98 valence electrons. The lowest BCUT2D eigenvalue weighted by molar-refractivity contribution is 0.101. The van der Waals surface area contributed by atoms with E-state index in [1.807, 2.05) is 13.0 Å². The van der Waals surface area contributed by atoms with Gasteiger partial charge in [-0.15, -0.1) is 11.3 Å². The summed E-state index contributed by atoms with van der Waals surface area (Å²) in [5.74, 6) is 0.312. The first kappa shape index (κ1) is 13.3. The Morgan fingerprint density at radius 2 is 2.26 bits per heavy atom. The van der Waals surface area contributed by atoms with Crippen molar-refractivity contribution in [2.45, 2.75) is 20.8 Å². The molecule has 19 heavy (non-hydrogen) atoms. The summed E-state index contributed by atoms with van der Waals surface area (Å²) < 4.78 is 5.59. The zero-order valence-corrected chi connectivity index (χ0v) is 11.7. The number of ketones is 1. The van der Waals surface area contributed by atoms with Gasteiger partial charge in [0.05, 0.1) is 28.9 Å². The minimum absolute atomic E-state index is 0.126. The third-order valence-corrected chi connectivity index (χ3v) is 3.76. The van der Waals surface area contributed by atoms with Crippen molar-refractivity contribution in [1.82, 2.24) is 4.98 Å². The van der Waals surface area contributed by atoms with E-state index in [2.05, 4.69) is 4.98 Å². The molecule has 6 heteroatoms. The zero-order chi connectivity index (χ0) is 14.2. The van der Waals surface area contributed by atoms with Crippen LogP contribution in [0, 0.1) is 18.3 Å². The molecule has 0 bridgehead atoms. The minimum Gasteiger partial charge on any atom is -0.492 e. The number of anilines is 1. The summed E-state index contributed by atoms with van der Waals surface area (Å²) in [4.78, 5) is 17.1. The van der Waals surface area contributed by atoms with Crippen molar-refractivity contribution in [1.29, 1.82) is 5.26 Å². The third-order valence-electron chi connectivity index (χ3n) is 2.75. The summed E-state index contributed by atoms with van der Waals surface area (Å²) in [7, 11) is 0. The number of Topliss-reactive ketones (excluding diaryl/α,β-unsaturated/α-hetero) is 1. The fourth-order valence-corrected chi connectivity index (χ4v) is 2.95. The molecule has 0 amide bonds. The van der Waals surface area contributed by atoms with E-state index < -0.39 is 0 Å². The van der Waals surface area contributed by atoms with Crippen LogP contribution in [-0.2, 0) is 0 Å². The second kappa shape index (κ2) is 4.86. The molecule has 0 unspecified atom stereocenters. The van der Waals surface area contributed by atoms with E-state index in [1.54, 1.807) is 6.92 Å². The smallest absolute Gasteiger partial charge is 0.165 e. The van der Waals surface area contributed by atoms with Crippen molar-refractivity contribution in [3.05, 3.63) is 16.1 Å². The number of rotatable bonds is 3. The third kappa shape index (κ3) is 2.02. The Labute approximate surface area is 114 Å². The zero-order valence-electron chi connectivity index (χ0n) is 10.9. The van der Waals surface area contributed by atoms with Crippen LogP contribution < -0.4 is 10.5 Å². The summed E-state index contributed by atoms with van der Waals surface area (Å²) in [5.41, 5.74) is 7.32. The van der Waals surface area contributed by atoms with Crippen LogP contribution in [0.25, 0.3) is 10.2 Å². The highest BCUT2D eigenvalue weighted by Gasteiger charge is 2.22. The molecule has 0 saturated carbocycles.